The molecule has 1 nitrogen and oxygen atoms in total. The minimum atomic E-state index is 0.149. The highest BCUT2D eigenvalue weighted by Gasteiger charge is 2.45. The van der Waals surface area contributed by atoms with Crippen molar-refractivity contribution in [1.29, 1.82) is 0 Å². The lowest BCUT2D eigenvalue weighted by atomic mass is 9.66. The van der Waals surface area contributed by atoms with Crippen molar-refractivity contribution in [2.75, 3.05) is 0 Å². The van der Waals surface area contributed by atoms with E-state index in [1.165, 1.54) is 16.7 Å². The molecule has 0 bridgehead atoms. The predicted octanol–water partition coefficient (Wildman–Crippen LogP) is 4.39. The SMILES string of the molecule is C=C1c2cc(Br)ccc2CC12CCC(=O)C(C)C2. The molecule has 0 amide bonds. The van der Waals surface area contributed by atoms with E-state index < -0.39 is 0 Å². The standard InChI is InChI=1S/C16H17BrO/c1-10-8-16(6-5-15(10)18)9-12-3-4-13(17)7-14(12)11(16)2/h3-4,7,10H,2,5-6,8-9H2,1H3. The van der Waals surface area contributed by atoms with Crippen LogP contribution in [0, 0.1) is 11.3 Å². The smallest absolute Gasteiger partial charge is 0.135 e. The topological polar surface area (TPSA) is 17.1 Å². The van der Waals surface area contributed by atoms with E-state index in [9.17, 15) is 4.79 Å². The molecule has 0 N–H and O–H groups in total. The van der Waals surface area contributed by atoms with Gasteiger partial charge in [-0.1, -0.05) is 35.5 Å². The van der Waals surface area contributed by atoms with Crippen LogP contribution in [0.15, 0.2) is 29.3 Å². The van der Waals surface area contributed by atoms with Gasteiger partial charge in [0, 0.05) is 22.2 Å². The normalized spacial score (nSPS) is 30.9. The van der Waals surface area contributed by atoms with E-state index in [1.54, 1.807) is 0 Å². The number of halogens is 1. The van der Waals surface area contributed by atoms with E-state index in [4.69, 9.17) is 0 Å². The van der Waals surface area contributed by atoms with Crippen molar-refractivity contribution >= 4 is 27.3 Å². The molecule has 1 aromatic rings. The second-order valence-electron chi connectivity index (χ2n) is 5.81. The Bertz CT molecular complexity index is 546. The lowest BCUT2D eigenvalue weighted by Crippen LogP contribution is -2.32. The van der Waals surface area contributed by atoms with Gasteiger partial charge in [-0.05, 0) is 48.1 Å². The van der Waals surface area contributed by atoms with E-state index in [2.05, 4.69) is 47.6 Å². The predicted molar refractivity (Wildman–Crippen MR) is 77.3 cm³/mol. The third-order valence-corrected chi connectivity index (χ3v) is 5.16. The first-order valence-electron chi connectivity index (χ1n) is 6.53. The summed E-state index contributed by atoms with van der Waals surface area (Å²) < 4.78 is 1.11. The molecule has 0 radical (unpaired) electrons. The van der Waals surface area contributed by atoms with Crippen LogP contribution in [0.4, 0.5) is 0 Å². The summed E-state index contributed by atoms with van der Waals surface area (Å²) >= 11 is 3.53. The van der Waals surface area contributed by atoms with E-state index in [-0.39, 0.29) is 11.3 Å². The Morgan fingerprint density at radius 2 is 2.22 bits per heavy atom. The molecular formula is C16H17BrO. The first-order chi connectivity index (χ1) is 8.52. The molecule has 2 unspecified atom stereocenters. The molecule has 2 atom stereocenters. The molecule has 1 fully saturated rings. The number of rotatable bonds is 0. The summed E-state index contributed by atoms with van der Waals surface area (Å²) in [7, 11) is 0. The highest BCUT2D eigenvalue weighted by Crippen LogP contribution is 2.54. The quantitative estimate of drug-likeness (QED) is 0.694. The lowest BCUT2D eigenvalue weighted by Gasteiger charge is -2.37. The Balaban J connectivity index is 1.99. The van der Waals surface area contributed by atoms with Gasteiger partial charge in [0.15, 0.2) is 0 Å². The summed E-state index contributed by atoms with van der Waals surface area (Å²) in [5.74, 6) is 0.610. The van der Waals surface area contributed by atoms with Crippen molar-refractivity contribution in [2.45, 2.75) is 32.6 Å². The highest BCUT2D eigenvalue weighted by atomic mass is 79.9. The van der Waals surface area contributed by atoms with Crippen molar-refractivity contribution in [1.82, 2.24) is 0 Å². The monoisotopic (exact) mass is 304 g/mol. The minimum Gasteiger partial charge on any atom is -0.299 e. The van der Waals surface area contributed by atoms with Gasteiger partial charge >= 0.3 is 0 Å². The van der Waals surface area contributed by atoms with E-state index in [0.717, 1.165) is 30.2 Å². The largest absolute Gasteiger partial charge is 0.299 e. The molecule has 0 aromatic heterocycles. The van der Waals surface area contributed by atoms with Crippen LogP contribution < -0.4 is 0 Å². The van der Waals surface area contributed by atoms with Crippen LogP contribution in [0.3, 0.4) is 0 Å². The Morgan fingerprint density at radius 1 is 1.44 bits per heavy atom. The molecular weight excluding hydrogens is 288 g/mol. The van der Waals surface area contributed by atoms with Gasteiger partial charge in [0.05, 0.1) is 0 Å². The summed E-state index contributed by atoms with van der Waals surface area (Å²) in [6.07, 6.45) is 3.72. The van der Waals surface area contributed by atoms with Gasteiger partial charge in [0.1, 0.15) is 5.78 Å². The third kappa shape index (κ3) is 1.70. The number of benzene rings is 1. The van der Waals surface area contributed by atoms with Crippen molar-refractivity contribution in [3.05, 3.63) is 40.4 Å². The van der Waals surface area contributed by atoms with Gasteiger partial charge in [0.25, 0.3) is 0 Å². The molecule has 18 heavy (non-hydrogen) atoms. The third-order valence-electron chi connectivity index (χ3n) is 4.66. The zero-order valence-electron chi connectivity index (χ0n) is 10.6. The zero-order valence-corrected chi connectivity index (χ0v) is 12.2. The molecule has 2 aliphatic carbocycles. The maximum absolute atomic E-state index is 11.7. The average molecular weight is 305 g/mol. The van der Waals surface area contributed by atoms with Crippen LogP contribution in [0.2, 0.25) is 0 Å². The molecule has 0 aliphatic heterocycles. The zero-order chi connectivity index (χ0) is 12.9. The Labute approximate surface area is 116 Å². The number of fused-ring (bicyclic) bond motifs is 1. The molecule has 2 aliphatic rings. The van der Waals surface area contributed by atoms with Gasteiger partial charge in [-0.15, -0.1) is 0 Å². The van der Waals surface area contributed by atoms with E-state index in [1.807, 2.05) is 0 Å². The number of allylic oxidation sites excluding steroid dienone is 1. The Hall–Kier alpha value is -0.890. The summed E-state index contributed by atoms with van der Waals surface area (Å²) in [6, 6.07) is 6.47. The average Bonchev–Trinajstić information content (AvgIpc) is 2.59. The number of hydrogen-bond donors (Lipinski definition) is 0. The maximum Gasteiger partial charge on any atom is 0.135 e. The van der Waals surface area contributed by atoms with Crippen LogP contribution in [0.1, 0.15) is 37.3 Å². The molecule has 1 aromatic carbocycles. The van der Waals surface area contributed by atoms with Gasteiger partial charge in [0.2, 0.25) is 0 Å². The van der Waals surface area contributed by atoms with Crippen LogP contribution in [-0.2, 0) is 11.2 Å². The molecule has 1 spiro atoms. The van der Waals surface area contributed by atoms with Crippen molar-refractivity contribution in [3.63, 3.8) is 0 Å². The van der Waals surface area contributed by atoms with Crippen molar-refractivity contribution in [2.24, 2.45) is 11.3 Å². The van der Waals surface area contributed by atoms with Crippen LogP contribution >= 0.6 is 15.9 Å². The van der Waals surface area contributed by atoms with Crippen LogP contribution in [-0.4, -0.2) is 5.78 Å². The van der Waals surface area contributed by atoms with Gasteiger partial charge in [-0.2, -0.15) is 0 Å². The fraction of sp³-hybridized carbons (Fsp3) is 0.438. The number of hydrogen-bond acceptors (Lipinski definition) is 1. The second-order valence-corrected chi connectivity index (χ2v) is 6.72. The second kappa shape index (κ2) is 4.06. The van der Waals surface area contributed by atoms with Crippen molar-refractivity contribution < 1.29 is 4.79 Å². The first-order valence-corrected chi connectivity index (χ1v) is 7.32. The summed E-state index contributed by atoms with van der Waals surface area (Å²) in [5.41, 5.74) is 4.09. The van der Waals surface area contributed by atoms with Gasteiger partial charge in [-0.25, -0.2) is 0 Å². The number of ketones is 1. The molecule has 0 heterocycles. The molecule has 2 heteroatoms. The minimum absolute atomic E-state index is 0.149. The Kier molecular flexibility index (Phi) is 2.74. The van der Waals surface area contributed by atoms with E-state index in [0.29, 0.717) is 5.78 Å². The number of carbonyl (C=O) groups is 1. The fourth-order valence-electron chi connectivity index (χ4n) is 3.59. The summed E-state index contributed by atoms with van der Waals surface area (Å²) in [6.45, 7) is 6.41. The first kappa shape index (κ1) is 12.2. The maximum atomic E-state index is 11.7. The fourth-order valence-corrected chi connectivity index (χ4v) is 3.95. The number of carbonyl (C=O) groups excluding carboxylic acids is 1. The van der Waals surface area contributed by atoms with Crippen LogP contribution in [0.25, 0.3) is 5.57 Å². The van der Waals surface area contributed by atoms with Crippen LogP contribution in [0.5, 0.6) is 0 Å². The van der Waals surface area contributed by atoms with Crippen molar-refractivity contribution in [3.8, 4) is 0 Å². The lowest BCUT2D eigenvalue weighted by molar-refractivity contribution is -0.125. The van der Waals surface area contributed by atoms with Gasteiger partial charge < -0.3 is 0 Å². The molecule has 0 saturated heterocycles. The Morgan fingerprint density at radius 3 is 2.94 bits per heavy atom. The van der Waals surface area contributed by atoms with Gasteiger partial charge in [-0.3, -0.25) is 4.79 Å². The number of Topliss-reactive ketones (excluding diaryl/α,β-unsaturated/α-hetero) is 1. The highest BCUT2D eigenvalue weighted by molar-refractivity contribution is 9.10. The molecule has 94 valence electrons. The summed E-state index contributed by atoms with van der Waals surface area (Å²) in [5, 5.41) is 0. The summed E-state index contributed by atoms with van der Waals surface area (Å²) in [4.78, 5) is 11.7. The molecule has 1 saturated carbocycles. The molecule has 3 rings (SSSR count). The van der Waals surface area contributed by atoms with E-state index >= 15 is 0 Å².